The summed E-state index contributed by atoms with van der Waals surface area (Å²) in [7, 11) is 0. The Morgan fingerprint density at radius 2 is 2.29 bits per heavy atom. The van der Waals surface area contributed by atoms with Crippen LogP contribution in [-0.2, 0) is 0 Å². The molecule has 2 nitrogen and oxygen atoms in total. The number of carbonyl (C=O) groups excluding carboxylic acids is 1. The van der Waals surface area contributed by atoms with E-state index in [9.17, 15) is 4.79 Å². The fraction of sp³-hybridized carbons (Fsp3) is 0.417. The zero-order valence-electron chi connectivity index (χ0n) is 9.80. The van der Waals surface area contributed by atoms with Gasteiger partial charge in [-0.3, -0.25) is 4.79 Å². The maximum absolute atomic E-state index is 11.8. The number of nitrogens with one attached hydrogen (secondary N) is 1. The Bertz CT molecular complexity index is 400. The summed E-state index contributed by atoms with van der Waals surface area (Å²) in [6.45, 7) is 2.80. The minimum Gasteiger partial charge on any atom is -0.352 e. The first-order valence-corrected chi connectivity index (χ1v) is 7.83. The lowest BCUT2D eigenvalue weighted by molar-refractivity contribution is 0.0949. The molecule has 0 heterocycles. The second-order valence-corrected chi connectivity index (χ2v) is 6.07. The molecule has 0 aliphatic carbocycles. The van der Waals surface area contributed by atoms with E-state index in [1.54, 1.807) is 30.0 Å². The van der Waals surface area contributed by atoms with E-state index in [-0.39, 0.29) is 5.91 Å². The zero-order chi connectivity index (χ0) is 12.8. The summed E-state index contributed by atoms with van der Waals surface area (Å²) in [5.74, 6) is 1.44. The van der Waals surface area contributed by atoms with Gasteiger partial charge in [-0.2, -0.15) is 11.8 Å². The van der Waals surface area contributed by atoms with E-state index in [4.69, 9.17) is 11.6 Å². The van der Waals surface area contributed by atoms with Crippen LogP contribution >= 0.6 is 39.3 Å². The monoisotopic (exact) mass is 335 g/mol. The summed E-state index contributed by atoms with van der Waals surface area (Å²) in [5, 5.41) is 3.45. The largest absolute Gasteiger partial charge is 0.352 e. The SMILES string of the molecule is CSCC(C)CNC(=O)c1ccc(Br)c(Cl)c1. The van der Waals surface area contributed by atoms with Crippen LogP contribution in [0.25, 0.3) is 0 Å². The summed E-state index contributed by atoms with van der Waals surface area (Å²) in [6.07, 6.45) is 2.06. The number of halogens is 2. The van der Waals surface area contributed by atoms with Gasteiger partial charge >= 0.3 is 0 Å². The minimum atomic E-state index is -0.0765. The Balaban J connectivity index is 2.55. The third-order valence-electron chi connectivity index (χ3n) is 2.24. The lowest BCUT2D eigenvalue weighted by Crippen LogP contribution is -2.29. The number of carbonyl (C=O) groups is 1. The topological polar surface area (TPSA) is 29.1 Å². The highest BCUT2D eigenvalue weighted by atomic mass is 79.9. The first-order valence-electron chi connectivity index (χ1n) is 5.26. The van der Waals surface area contributed by atoms with Crippen LogP contribution in [0.15, 0.2) is 22.7 Å². The van der Waals surface area contributed by atoms with Crippen LogP contribution in [0.2, 0.25) is 5.02 Å². The average Bonchev–Trinajstić information content (AvgIpc) is 2.30. The smallest absolute Gasteiger partial charge is 0.251 e. The molecule has 0 aliphatic rings. The van der Waals surface area contributed by atoms with Gasteiger partial charge in [-0.15, -0.1) is 0 Å². The van der Waals surface area contributed by atoms with E-state index in [2.05, 4.69) is 34.4 Å². The third kappa shape index (κ3) is 4.90. The molecule has 0 aromatic heterocycles. The fourth-order valence-corrected chi connectivity index (χ4v) is 2.46. The molecule has 0 radical (unpaired) electrons. The molecule has 1 aromatic carbocycles. The molecule has 0 aliphatic heterocycles. The van der Waals surface area contributed by atoms with Crippen molar-refractivity contribution in [2.45, 2.75) is 6.92 Å². The van der Waals surface area contributed by atoms with Crippen LogP contribution < -0.4 is 5.32 Å². The van der Waals surface area contributed by atoms with Crippen molar-refractivity contribution in [3.63, 3.8) is 0 Å². The fourth-order valence-electron chi connectivity index (χ4n) is 1.35. The van der Waals surface area contributed by atoms with Crippen molar-refractivity contribution in [3.05, 3.63) is 33.3 Å². The lowest BCUT2D eigenvalue weighted by atomic mass is 10.2. The molecule has 0 bridgehead atoms. The molecule has 94 valence electrons. The van der Waals surface area contributed by atoms with Crippen molar-refractivity contribution >= 4 is 45.2 Å². The molecule has 1 amide bonds. The highest BCUT2D eigenvalue weighted by Gasteiger charge is 2.09. The van der Waals surface area contributed by atoms with E-state index in [0.29, 0.717) is 23.0 Å². The van der Waals surface area contributed by atoms with Crippen LogP contribution in [0, 0.1) is 5.92 Å². The maximum Gasteiger partial charge on any atom is 0.251 e. The van der Waals surface area contributed by atoms with Gasteiger partial charge in [-0.05, 0) is 52.1 Å². The van der Waals surface area contributed by atoms with Crippen molar-refractivity contribution in [3.8, 4) is 0 Å². The van der Waals surface area contributed by atoms with Crippen molar-refractivity contribution < 1.29 is 4.79 Å². The molecule has 1 rings (SSSR count). The highest BCUT2D eigenvalue weighted by molar-refractivity contribution is 9.10. The van der Waals surface area contributed by atoms with Gasteiger partial charge in [-0.25, -0.2) is 0 Å². The third-order valence-corrected chi connectivity index (χ3v) is 4.38. The number of thioether (sulfide) groups is 1. The maximum atomic E-state index is 11.8. The molecule has 0 fully saturated rings. The van der Waals surface area contributed by atoms with Gasteiger partial charge in [0.25, 0.3) is 5.91 Å². The quantitative estimate of drug-likeness (QED) is 0.885. The lowest BCUT2D eigenvalue weighted by Gasteiger charge is -2.11. The Hall–Kier alpha value is -0.190. The Morgan fingerprint density at radius 3 is 2.88 bits per heavy atom. The van der Waals surface area contributed by atoms with E-state index in [1.807, 2.05) is 0 Å². The standard InChI is InChI=1S/C12H15BrClNOS/c1-8(7-17-2)6-15-12(16)9-3-4-10(13)11(14)5-9/h3-5,8H,6-7H2,1-2H3,(H,15,16). The summed E-state index contributed by atoms with van der Waals surface area (Å²) < 4.78 is 0.798. The molecule has 17 heavy (non-hydrogen) atoms. The van der Waals surface area contributed by atoms with Crippen LogP contribution in [-0.4, -0.2) is 24.5 Å². The molecule has 0 saturated heterocycles. The molecule has 0 spiro atoms. The first-order chi connectivity index (χ1) is 8.04. The van der Waals surface area contributed by atoms with E-state index in [1.165, 1.54) is 0 Å². The number of hydrogen-bond donors (Lipinski definition) is 1. The van der Waals surface area contributed by atoms with Crippen LogP contribution in [0.4, 0.5) is 0 Å². The van der Waals surface area contributed by atoms with Gasteiger partial charge in [0, 0.05) is 16.6 Å². The van der Waals surface area contributed by atoms with Gasteiger partial charge < -0.3 is 5.32 Å². The van der Waals surface area contributed by atoms with E-state index < -0.39 is 0 Å². The molecule has 5 heteroatoms. The van der Waals surface area contributed by atoms with Crippen LogP contribution in [0.5, 0.6) is 0 Å². The molecule has 1 atom stereocenters. The van der Waals surface area contributed by atoms with Gasteiger partial charge in [-0.1, -0.05) is 18.5 Å². The number of amides is 1. The zero-order valence-corrected chi connectivity index (χ0v) is 13.0. The first kappa shape index (κ1) is 14.9. The average molecular weight is 337 g/mol. The van der Waals surface area contributed by atoms with Gasteiger partial charge in [0.15, 0.2) is 0 Å². The number of benzene rings is 1. The van der Waals surface area contributed by atoms with Crippen LogP contribution in [0.3, 0.4) is 0 Å². The van der Waals surface area contributed by atoms with Crippen molar-refractivity contribution in [2.75, 3.05) is 18.6 Å². The Labute approximate surface area is 120 Å². The summed E-state index contributed by atoms with van der Waals surface area (Å²) in [5.41, 5.74) is 0.592. The predicted molar refractivity (Wildman–Crippen MR) is 79.0 cm³/mol. The van der Waals surface area contributed by atoms with E-state index >= 15 is 0 Å². The molecule has 1 N–H and O–H groups in total. The van der Waals surface area contributed by atoms with Gasteiger partial charge in [0.05, 0.1) is 5.02 Å². The van der Waals surface area contributed by atoms with Crippen molar-refractivity contribution in [1.82, 2.24) is 5.32 Å². The highest BCUT2D eigenvalue weighted by Crippen LogP contribution is 2.23. The normalized spacial score (nSPS) is 12.2. The summed E-state index contributed by atoms with van der Waals surface area (Å²) in [6, 6.07) is 5.20. The van der Waals surface area contributed by atoms with Crippen molar-refractivity contribution in [1.29, 1.82) is 0 Å². The molecule has 0 saturated carbocycles. The second-order valence-electron chi connectivity index (χ2n) is 3.90. The number of rotatable bonds is 5. The Morgan fingerprint density at radius 1 is 1.59 bits per heavy atom. The minimum absolute atomic E-state index is 0.0765. The Kier molecular flexibility index (Phi) is 6.38. The van der Waals surface area contributed by atoms with Gasteiger partial charge in [0.1, 0.15) is 0 Å². The summed E-state index contributed by atoms with van der Waals surface area (Å²) in [4.78, 5) is 11.8. The molecule has 1 aromatic rings. The molecule has 1 unspecified atom stereocenters. The van der Waals surface area contributed by atoms with Crippen LogP contribution in [0.1, 0.15) is 17.3 Å². The van der Waals surface area contributed by atoms with E-state index in [0.717, 1.165) is 10.2 Å². The number of hydrogen-bond acceptors (Lipinski definition) is 2. The summed E-state index contributed by atoms with van der Waals surface area (Å²) >= 11 is 11.0. The second kappa shape index (κ2) is 7.29. The van der Waals surface area contributed by atoms with Gasteiger partial charge in [0.2, 0.25) is 0 Å². The van der Waals surface area contributed by atoms with Crippen molar-refractivity contribution in [2.24, 2.45) is 5.92 Å². The predicted octanol–water partition coefficient (Wildman–Crippen LogP) is 3.83. The molecular formula is C12H15BrClNOS. The molecular weight excluding hydrogens is 322 g/mol.